The third kappa shape index (κ3) is 2.16. The van der Waals surface area contributed by atoms with E-state index in [1.54, 1.807) is 18.5 Å². The first-order chi connectivity index (χ1) is 9.54. The Bertz CT molecular complexity index is 832. The molecule has 0 aliphatic heterocycles. The van der Waals surface area contributed by atoms with E-state index in [0.29, 0.717) is 16.9 Å². The van der Waals surface area contributed by atoms with Gasteiger partial charge in [-0.2, -0.15) is 0 Å². The molecule has 0 radical (unpaired) electrons. The van der Waals surface area contributed by atoms with Gasteiger partial charge >= 0.3 is 5.97 Å². The molecular weight excluding hydrogens is 329 g/mol. The summed E-state index contributed by atoms with van der Waals surface area (Å²) >= 11 is 3.29. The topological polar surface area (TPSA) is 78.9 Å². The summed E-state index contributed by atoms with van der Waals surface area (Å²) in [6.07, 6.45) is 3.20. The number of fused-ring (bicyclic) bond motifs is 1. The number of H-pyrrole nitrogens is 1. The molecule has 0 unspecified atom stereocenters. The van der Waals surface area contributed by atoms with Crippen LogP contribution in [0.4, 0.5) is 4.39 Å². The molecular formula is C13H7BrFN3O2. The van der Waals surface area contributed by atoms with E-state index in [0.717, 1.165) is 10.5 Å². The lowest BCUT2D eigenvalue weighted by Crippen LogP contribution is -1.98. The highest BCUT2D eigenvalue weighted by molar-refractivity contribution is 9.10. The van der Waals surface area contributed by atoms with Crippen molar-refractivity contribution in [2.24, 2.45) is 0 Å². The molecule has 0 bridgehead atoms. The fraction of sp³-hybridized carbons (Fsp3) is 0. The van der Waals surface area contributed by atoms with Gasteiger partial charge < -0.3 is 10.1 Å². The summed E-state index contributed by atoms with van der Waals surface area (Å²) in [6.45, 7) is 0. The van der Waals surface area contributed by atoms with E-state index in [4.69, 9.17) is 5.11 Å². The minimum absolute atomic E-state index is 0.176. The number of nitrogens with zero attached hydrogens (tertiary/aromatic N) is 2. The number of rotatable bonds is 2. The maximum atomic E-state index is 13.4. The van der Waals surface area contributed by atoms with Gasteiger partial charge in [0.25, 0.3) is 0 Å². The first-order valence-corrected chi connectivity index (χ1v) is 6.37. The molecule has 1 aromatic carbocycles. The average Bonchev–Trinajstić information content (AvgIpc) is 2.81. The first kappa shape index (κ1) is 12.7. The van der Waals surface area contributed by atoms with Crippen LogP contribution < -0.4 is 0 Å². The quantitative estimate of drug-likeness (QED) is 0.753. The zero-order chi connectivity index (χ0) is 14.3. The van der Waals surface area contributed by atoms with Gasteiger partial charge in [0.2, 0.25) is 0 Å². The van der Waals surface area contributed by atoms with Crippen molar-refractivity contribution in [1.82, 2.24) is 15.0 Å². The number of carboxylic acids is 1. The minimum atomic E-state index is -1.22. The lowest BCUT2D eigenvalue weighted by Gasteiger charge is -1.96. The fourth-order valence-electron chi connectivity index (χ4n) is 1.92. The van der Waals surface area contributed by atoms with Crippen molar-refractivity contribution in [2.45, 2.75) is 0 Å². The maximum absolute atomic E-state index is 13.4. The molecule has 0 atom stereocenters. The Morgan fingerprint density at radius 3 is 2.80 bits per heavy atom. The average molecular weight is 336 g/mol. The number of hydrogen-bond donors (Lipinski definition) is 2. The Morgan fingerprint density at radius 2 is 2.10 bits per heavy atom. The summed E-state index contributed by atoms with van der Waals surface area (Å²) in [7, 11) is 0. The number of carbonyl (C=O) groups is 1. The van der Waals surface area contributed by atoms with Crippen LogP contribution in [0.25, 0.3) is 22.4 Å². The van der Waals surface area contributed by atoms with Gasteiger partial charge in [-0.1, -0.05) is 0 Å². The number of aromatic carboxylic acids is 1. The number of hydrogen-bond acceptors (Lipinski definition) is 3. The van der Waals surface area contributed by atoms with E-state index < -0.39 is 11.8 Å². The van der Waals surface area contributed by atoms with Crippen molar-refractivity contribution >= 4 is 32.9 Å². The second kappa shape index (κ2) is 4.68. The minimum Gasteiger partial charge on any atom is -0.478 e. The maximum Gasteiger partial charge on any atom is 0.338 e. The van der Waals surface area contributed by atoms with Crippen molar-refractivity contribution in [3.8, 4) is 11.4 Å². The van der Waals surface area contributed by atoms with Crippen LogP contribution in [0.3, 0.4) is 0 Å². The molecule has 2 aromatic heterocycles. The molecule has 20 heavy (non-hydrogen) atoms. The predicted molar refractivity (Wildman–Crippen MR) is 73.9 cm³/mol. The summed E-state index contributed by atoms with van der Waals surface area (Å²) in [6, 6.07) is 3.94. The van der Waals surface area contributed by atoms with Crippen molar-refractivity contribution in [3.05, 3.63) is 46.4 Å². The molecule has 5 nitrogen and oxygen atoms in total. The third-order valence-corrected chi connectivity index (χ3v) is 3.19. The number of halogens is 2. The van der Waals surface area contributed by atoms with Crippen molar-refractivity contribution in [2.75, 3.05) is 0 Å². The number of imidazole rings is 1. The van der Waals surface area contributed by atoms with Gasteiger partial charge in [-0.3, -0.25) is 4.98 Å². The smallest absolute Gasteiger partial charge is 0.338 e. The molecule has 7 heteroatoms. The molecule has 0 aliphatic rings. The van der Waals surface area contributed by atoms with Crippen LogP contribution in [0.1, 0.15) is 10.4 Å². The van der Waals surface area contributed by atoms with Crippen LogP contribution in [0.5, 0.6) is 0 Å². The monoisotopic (exact) mass is 335 g/mol. The van der Waals surface area contributed by atoms with Crippen LogP contribution >= 0.6 is 15.9 Å². The number of benzene rings is 1. The third-order valence-electron chi connectivity index (χ3n) is 2.76. The highest BCUT2D eigenvalue weighted by Gasteiger charge is 2.15. The van der Waals surface area contributed by atoms with E-state index in [1.807, 2.05) is 0 Å². The van der Waals surface area contributed by atoms with E-state index >= 15 is 0 Å². The Kier molecular flexibility index (Phi) is 2.98. The van der Waals surface area contributed by atoms with Crippen LogP contribution in [-0.2, 0) is 0 Å². The highest BCUT2D eigenvalue weighted by Crippen LogP contribution is 2.25. The Morgan fingerprint density at radius 1 is 1.30 bits per heavy atom. The van der Waals surface area contributed by atoms with E-state index in [9.17, 15) is 9.18 Å². The van der Waals surface area contributed by atoms with Gasteiger partial charge in [0.15, 0.2) is 0 Å². The van der Waals surface area contributed by atoms with Gasteiger partial charge in [-0.05, 0) is 34.1 Å². The molecule has 3 aromatic rings. The predicted octanol–water partition coefficient (Wildman–Crippen LogP) is 3.22. The molecule has 0 saturated heterocycles. The van der Waals surface area contributed by atoms with Crippen LogP contribution in [-0.4, -0.2) is 26.0 Å². The van der Waals surface area contributed by atoms with Gasteiger partial charge in [0, 0.05) is 22.4 Å². The Balaban J connectivity index is 2.25. The lowest BCUT2D eigenvalue weighted by atomic mass is 10.2. The zero-order valence-electron chi connectivity index (χ0n) is 9.89. The fourth-order valence-corrected chi connectivity index (χ4v) is 2.29. The second-order valence-corrected chi connectivity index (χ2v) is 5.05. The second-order valence-electron chi connectivity index (χ2n) is 4.13. The normalized spacial score (nSPS) is 10.9. The summed E-state index contributed by atoms with van der Waals surface area (Å²) < 4.78 is 14.2. The van der Waals surface area contributed by atoms with Gasteiger partial charge in [-0.15, -0.1) is 0 Å². The van der Waals surface area contributed by atoms with E-state index in [2.05, 4.69) is 30.9 Å². The number of nitrogens with one attached hydrogen (secondary N) is 1. The van der Waals surface area contributed by atoms with Crippen molar-refractivity contribution in [1.29, 1.82) is 0 Å². The summed E-state index contributed by atoms with van der Waals surface area (Å²) in [5.74, 6) is -1.42. The Labute approximate surface area is 120 Å². The van der Waals surface area contributed by atoms with Crippen LogP contribution in [0.2, 0.25) is 0 Å². The number of pyridine rings is 1. The molecule has 0 spiro atoms. The molecule has 2 heterocycles. The highest BCUT2D eigenvalue weighted by atomic mass is 79.9. The molecule has 0 aliphatic carbocycles. The van der Waals surface area contributed by atoms with Crippen LogP contribution in [0.15, 0.2) is 35.1 Å². The van der Waals surface area contributed by atoms with Crippen LogP contribution in [0, 0.1) is 5.82 Å². The Hall–Kier alpha value is -2.28. The number of carboxylic acid groups (broad SMARTS) is 1. The number of aromatic amines is 1. The van der Waals surface area contributed by atoms with E-state index in [1.165, 1.54) is 6.07 Å². The molecule has 2 N–H and O–H groups in total. The lowest BCUT2D eigenvalue weighted by molar-refractivity contribution is 0.0698. The van der Waals surface area contributed by atoms with E-state index in [-0.39, 0.29) is 11.1 Å². The van der Waals surface area contributed by atoms with Crippen molar-refractivity contribution < 1.29 is 14.3 Å². The summed E-state index contributed by atoms with van der Waals surface area (Å²) in [4.78, 5) is 22.3. The molecule has 0 saturated carbocycles. The van der Waals surface area contributed by atoms with Gasteiger partial charge in [0.05, 0.1) is 11.1 Å². The molecule has 0 fully saturated rings. The van der Waals surface area contributed by atoms with Crippen molar-refractivity contribution in [3.63, 3.8) is 0 Å². The SMILES string of the molecule is O=C(O)c1cc(F)cc2[nH]c(-c3cncc(Br)c3)nc12. The molecule has 0 amide bonds. The summed E-state index contributed by atoms with van der Waals surface area (Å²) in [5.41, 5.74) is 1.05. The number of aromatic nitrogens is 3. The first-order valence-electron chi connectivity index (χ1n) is 5.58. The zero-order valence-corrected chi connectivity index (χ0v) is 11.5. The molecule has 100 valence electrons. The molecule has 3 rings (SSSR count). The van der Waals surface area contributed by atoms with Gasteiger partial charge in [-0.25, -0.2) is 14.2 Å². The largest absolute Gasteiger partial charge is 0.478 e. The standard InChI is InChI=1S/C13H7BrFN3O2/c14-7-1-6(4-16-5-7)12-17-10-3-8(15)2-9(13(19)20)11(10)18-12/h1-5H,(H,17,18)(H,19,20). The summed E-state index contributed by atoms with van der Waals surface area (Å²) in [5, 5.41) is 9.09. The van der Waals surface area contributed by atoms with Gasteiger partial charge in [0.1, 0.15) is 17.2 Å².